The minimum atomic E-state index is 0.642. The monoisotopic (exact) mass is 239 g/mol. The average molecular weight is 239 g/mol. The van der Waals surface area contributed by atoms with Crippen molar-refractivity contribution < 1.29 is 0 Å². The molecule has 0 aliphatic carbocycles. The van der Waals surface area contributed by atoms with Gasteiger partial charge >= 0.3 is 0 Å². The quantitative estimate of drug-likeness (QED) is 0.671. The third-order valence-electron chi connectivity index (χ3n) is 3.47. The zero-order chi connectivity index (χ0) is 12.6. The molecule has 18 heavy (non-hydrogen) atoms. The smallest absolute Gasteiger partial charge is 0.0270 e. The van der Waals surface area contributed by atoms with Crippen LogP contribution in [-0.4, -0.2) is 4.98 Å². The van der Waals surface area contributed by atoms with Gasteiger partial charge in [-0.15, -0.1) is 0 Å². The Morgan fingerprint density at radius 1 is 0.944 bits per heavy atom. The van der Waals surface area contributed by atoms with Crippen LogP contribution >= 0.6 is 0 Å². The van der Waals surface area contributed by atoms with E-state index in [1.165, 1.54) is 36.8 Å². The fourth-order valence-corrected chi connectivity index (χ4v) is 2.28. The minimum Gasteiger partial charge on any atom is -0.265 e. The van der Waals surface area contributed by atoms with E-state index in [0.717, 1.165) is 0 Å². The lowest BCUT2D eigenvalue weighted by molar-refractivity contribution is 0.604. The van der Waals surface area contributed by atoms with E-state index in [-0.39, 0.29) is 0 Å². The second-order valence-electron chi connectivity index (χ2n) is 4.91. The van der Waals surface area contributed by atoms with Crippen LogP contribution in [-0.2, 0) is 6.42 Å². The summed E-state index contributed by atoms with van der Waals surface area (Å²) in [7, 11) is 0. The molecule has 0 N–H and O–H groups in total. The predicted octanol–water partition coefficient (Wildman–Crippen LogP) is 4.60. The zero-order valence-corrected chi connectivity index (χ0v) is 11.0. The highest BCUT2D eigenvalue weighted by molar-refractivity contribution is 5.15. The Hall–Kier alpha value is -1.63. The Balaban J connectivity index is 1.70. The molecular formula is C17H21N. The highest BCUT2D eigenvalue weighted by Gasteiger charge is 2.04. The third kappa shape index (κ3) is 3.99. The fraction of sp³-hybridized carbons (Fsp3) is 0.353. The van der Waals surface area contributed by atoms with Crippen LogP contribution in [0.15, 0.2) is 54.9 Å². The molecule has 0 aliphatic heterocycles. The SMILES string of the molecule is CC(CCCCc1ccccc1)c1ccncc1. The minimum absolute atomic E-state index is 0.642. The first kappa shape index (κ1) is 12.8. The van der Waals surface area contributed by atoms with Crippen LogP contribution in [0, 0.1) is 0 Å². The molecule has 1 atom stereocenters. The lowest BCUT2D eigenvalue weighted by atomic mass is 9.95. The van der Waals surface area contributed by atoms with E-state index in [9.17, 15) is 0 Å². The first-order valence-electron chi connectivity index (χ1n) is 6.80. The second-order valence-corrected chi connectivity index (χ2v) is 4.91. The molecule has 94 valence electrons. The Bertz CT molecular complexity index is 436. The normalized spacial score (nSPS) is 12.3. The number of aryl methyl sites for hydroxylation is 1. The number of hydrogen-bond donors (Lipinski definition) is 0. The molecule has 1 heterocycles. The van der Waals surface area contributed by atoms with Crippen molar-refractivity contribution in [3.63, 3.8) is 0 Å². The molecule has 1 nitrogen and oxygen atoms in total. The van der Waals surface area contributed by atoms with E-state index < -0.39 is 0 Å². The van der Waals surface area contributed by atoms with Gasteiger partial charge in [-0.05, 0) is 48.4 Å². The van der Waals surface area contributed by atoms with Gasteiger partial charge in [0.25, 0.3) is 0 Å². The molecule has 1 heteroatoms. The van der Waals surface area contributed by atoms with E-state index in [1.54, 1.807) is 0 Å². The Morgan fingerprint density at radius 2 is 1.67 bits per heavy atom. The highest BCUT2D eigenvalue weighted by Crippen LogP contribution is 2.21. The lowest BCUT2D eigenvalue weighted by Crippen LogP contribution is -1.94. The zero-order valence-electron chi connectivity index (χ0n) is 11.0. The molecule has 0 aliphatic rings. The molecular weight excluding hydrogens is 218 g/mol. The van der Waals surface area contributed by atoms with Gasteiger partial charge in [-0.1, -0.05) is 43.7 Å². The van der Waals surface area contributed by atoms with Gasteiger partial charge in [-0.25, -0.2) is 0 Å². The largest absolute Gasteiger partial charge is 0.265 e. The molecule has 0 saturated heterocycles. The van der Waals surface area contributed by atoms with Crippen LogP contribution in [0.1, 0.15) is 43.2 Å². The molecule has 2 rings (SSSR count). The first-order valence-corrected chi connectivity index (χ1v) is 6.80. The number of unbranched alkanes of at least 4 members (excludes halogenated alkanes) is 1. The molecule has 0 bridgehead atoms. The predicted molar refractivity (Wildman–Crippen MR) is 76.6 cm³/mol. The van der Waals surface area contributed by atoms with Crippen molar-refractivity contribution >= 4 is 0 Å². The van der Waals surface area contributed by atoms with E-state index in [1.807, 2.05) is 12.4 Å². The summed E-state index contributed by atoms with van der Waals surface area (Å²) < 4.78 is 0. The van der Waals surface area contributed by atoms with Crippen molar-refractivity contribution in [1.82, 2.24) is 4.98 Å². The molecule has 0 saturated carbocycles. The lowest BCUT2D eigenvalue weighted by Gasteiger charge is -2.11. The van der Waals surface area contributed by atoms with Crippen molar-refractivity contribution in [3.8, 4) is 0 Å². The van der Waals surface area contributed by atoms with Crippen LogP contribution in [0.2, 0.25) is 0 Å². The van der Waals surface area contributed by atoms with Crippen LogP contribution in [0.25, 0.3) is 0 Å². The number of aromatic nitrogens is 1. The number of pyridine rings is 1. The first-order chi connectivity index (χ1) is 8.86. The van der Waals surface area contributed by atoms with Crippen LogP contribution < -0.4 is 0 Å². The van der Waals surface area contributed by atoms with Crippen molar-refractivity contribution in [3.05, 3.63) is 66.0 Å². The van der Waals surface area contributed by atoms with Gasteiger partial charge in [-0.2, -0.15) is 0 Å². The summed E-state index contributed by atoms with van der Waals surface area (Å²) in [6, 6.07) is 15.0. The van der Waals surface area contributed by atoms with Gasteiger partial charge in [0, 0.05) is 12.4 Å². The Kier molecular flexibility index (Phi) is 4.95. The average Bonchev–Trinajstić information content (AvgIpc) is 2.45. The van der Waals surface area contributed by atoms with Gasteiger partial charge in [0.1, 0.15) is 0 Å². The standard InChI is InChI=1S/C17H21N/c1-15(17-11-13-18-14-12-17)7-5-6-10-16-8-3-2-4-9-16/h2-4,8-9,11-15H,5-7,10H2,1H3. The molecule has 1 unspecified atom stereocenters. The number of nitrogens with zero attached hydrogens (tertiary/aromatic N) is 1. The summed E-state index contributed by atoms with van der Waals surface area (Å²) in [5.41, 5.74) is 2.86. The maximum Gasteiger partial charge on any atom is 0.0270 e. The molecule has 0 fully saturated rings. The Morgan fingerprint density at radius 3 is 2.39 bits per heavy atom. The van der Waals surface area contributed by atoms with Gasteiger partial charge in [0.2, 0.25) is 0 Å². The van der Waals surface area contributed by atoms with Crippen LogP contribution in [0.4, 0.5) is 0 Å². The highest BCUT2D eigenvalue weighted by atomic mass is 14.6. The Labute approximate surface area is 110 Å². The molecule has 0 spiro atoms. The van der Waals surface area contributed by atoms with Crippen molar-refractivity contribution in [2.75, 3.05) is 0 Å². The van der Waals surface area contributed by atoms with Gasteiger partial charge < -0.3 is 0 Å². The molecule has 0 radical (unpaired) electrons. The van der Waals surface area contributed by atoms with Crippen molar-refractivity contribution in [2.24, 2.45) is 0 Å². The van der Waals surface area contributed by atoms with Gasteiger partial charge in [0.05, 0.1) is 0 Å². The number of rotatable bonds is 6. The maximum absolute atomic E-state index is 4.06. The summed E-state index contributed by atoms with van der Waals surface area (Å²) in [6.07, 6.45) is 8.80. The second kappa shape index (κ2) is 6.95. The van der Waals surface area contributed by atoms with E-state index in [0.29, 0.717) is 5.92 Å². The maximum atomic E-state index is 4.06. The van der Waals surface area contributed by atoms with E-state index >= 15 is 0 Å². The van der Waals surface area contributed by atoms with Crippen LogP contribution in [0.5, 0.6) is 0 Å². The topological polar surface area (TPSA) is 12.9 Å². The van der Waals surface area contributed by atoms with E-state index in [2.05, 4.69) is 54.4 Å². The summed E-state index contributed by atoms with van der Waals surface area (Å²) in [5, 5.41) is 0. The molecule has 2 aromatic rings. The number of hydrogen-bond acceptors (Lipinski definition) is 1. The van der Waals surface area contributed by atoms with Gasteiger partial charge in [0.15, 0.2) is 0 Å². The van der Waals surface area contributed by atoms with Crippen LogP contribution in [0.3, 0.4) is 0 Å². The van der Waals surface area contributed by atoms with Crippen molar-refractivity contribution in [2.45, 2.75) is 38.5 Å². The fourth-order valence-electron chi connectivity index (χ4n) is 2.28. The van der Waals surface area contributed by atoms with E-state index in [4.69, 9.17) is 0 Å². The van der Waals surface area contributed by atoms with Crippen molar-refractivity contribution in [1.29, 1.82) is 0 Å². The molecule has 1 aromatic carbocycles. The summed E-state index contributed by atoms with van der Waals surface area (Å²) >= 11 is 0. The summed E-state index contributed by atoms with van der Waals surface area (Å²) in [4.78, 5) is 4.06. The summed E-state index contributed by atoms with van der Waals surface area (Å²) in [5.74, 6) is 0.642. The molecule has 0 amide bonds. The van der Waals surface area contributed by atoms with Gasteiger partial charge in [-0.3, -0.25) is 4.98 Å². The number of benzene rings is 1. The molecule has 1 aromatic heterocycles. The summed E-state index contributed by atoms with van der Waals surface area (Å²) in [6.45, 7) is 2.30. The third-order valence-corrected chi connectivity index (χ3v) is 3.47.